The zero-order valence-electron chi connectivity index (χ0n) is 11.1. The quantitative estimate of drug-likeness (QED) is 0.731. The van der Waals surface area contributed by atoms with E-state index in [-0.39, 0.29) is 11.3 Å². The molecule has 1 nitrogen and oxygen atoms in total. The van der Waals surface area contributed by atoms with E-state index in [0.717, 1.165) is 11.1 Å². The van der Waals surface area contributed by atoms with Crippen LogP contribution in [0.15, 0.2) is 30.3 Å². The first kappa shape index (κ1) is 13.8. The molecule has 0 heterocycles. The molecule has 98 valence electrons. The number of rotatable bonds is 2. The van der Waals surface area contributed by atoms with Crippen LogP contribution in [0.3, 0.4) is 0 Å². The van der Waals surface area contributed by atoms with E-state index in [2.05, 4.69) is 0 Å². The number of ketones is 1. The number of halogens is 2. The average molecular weight is 277 g/mol. The smallest absolute Gasteiger partial charge is 0.196 e. The first-order valence-electron chi connectivity index (χ1n) is 5.97. The first-order chi connectivity index (χ1) is 8.90. The van der Waals surface area contributed by atoms with E-state index >= 15 is 0 Å². The predicted octanol–water partition coefficient (Wildman–Crippen LogP) is 4.64. The van der Waals surface area contributed by atoms with E-state index in [1.165, 1.54) is 6.07 Å². The van der Waals surface area contributed by atoms with Crippen molar-refractivity contribution in [3.63, 3.8) is 0 Å². The molecule has 0 aliphatic carbocycles. The molecule has 2 aromatic rings. The molecule has 0 aliphatic heterocycles. The maximum Gasteiger partial charge on any atom is 0.196 e. The highest BCUT2D eigenvalue weighted by Crippen LogP contribution is 2.22. The van der Waals surface area contributed by atoms with Crippen molar-refractivity contribution in [2.45, 2.75) is 20.8 Å². The van der Waals surface area contributed by atoms with Crippen LogP contribution < -0.4 is 0 Å². The summed E-state index contributed by atoms with van der Waals surface area (Å²) in [7, 11) is 0. The van der Waals surface area contributed by atoms with Gasteiger partial charge in [-0.25, -0.2) is 4.39 Å². The van der Waals surface area contributed by atoms with E-state index < -0.39 is 5.82 Å². The Morgan fingerprint density at radius 3 is 2.32 bits per heavy atom. The molecule has 0 amide bonds. The standard InChI is InChI=1S/C16H14ClFO/c1-9-6-11(3)15(14(18)7-9)16(19)12-4-5-13(17)10(2)8-12/h4-8H,1-3H3. The van der Waals surface area contributed by atoms with Crippen LogP contribution in [0.2, 0.25) is 5.02 Å². The van der Waals surface area contributed by atoms with Crippen LogP contribution >= 0.6 is 11.6 Å². The minimum Gasteiger partial charge on any atom is -0.288 e. The molecule has 0 saturated heterocycles. The molecule has 0 saturated carbocycles. The Morgan fingerprint density at radius 1 is 1.05 bits per heavy atom. The normalized spacial score (nSPS) is 10.6. The first-order valence-corrected chi connectivity index (χ1v) is 6.35. The fourth-order valence-electron chi connectivity index (χ4n) is 2.13. The number of hydrogen-bond acceptors (Lipinski definition) is 1. The third-order valence-corrected chi connectivity index (χ3v) is 3.50. The Labute approximate surface area is 117 Å². The van der Waals surface area contributed by atoms with Crippen LogP contribution in [-0.4, -0.2) is 5.78 Å². The van der Waals surface area contributed by atoms with Crippen LogP contribution in [0.25, 0.3) is 0 Å². The van der Waals surface area contributed by atoms with Crippen LogP contribution in [0.4, 0.5) is 4.39 Å². The molecule has 0 N–H and O–H groups in total. The number of carbonyl (C=O) groups is 1. The number of aryl methyl sites for hydroxylation is 3. The molecule has 2 aromatic carbocycles. The van der Waals surface area contributed by atoms with Crippen LogP contribution in [0.1, 0.15) is 32.6 Å². The van der Waals surface area contributed by atoms with Gasteiger partial charge in [-0.3, -0.25) is 4.79 Å². The van der Waals surface area contributed by atoms with E-state index in [0.29, 0.717) is 16.1 Å². The molecule has 3 heteroatoms. The Bertz CT molecular complexity index is 639. The highest BCUT2D eigenvalue weighted by atomic mass is 35.5. The fourth-order valence-corrected chi connectivity index (χ4v) is 2.25. The van der Waals surface area contributed by atoms with Gasteiger partial charge in [0, 0.05) is 10.6 Å². The molecule has 0 aromatic heterocycles. The molecule has 0 spiro atoms. The van der Waals surface area contributed by atoms with Crippen molar-refractivity contribution in [2.24, 2.45) is 0 Å². The van der Waals surface area contributed by atoms with Crippen LogP contribution in [-0.2, 0) is 0 Å². The predicted molar refractivity (Wildman–Crippen MR) is 75.5 cm³/mol. The van der Waals surface area contributed by atoms with Gasteiger partial charge in [-0.15, -0.1) is 0 Å². The third kappa shape index (κ3) is 2.69. The zero-order valence-corrected chi connectivity index (χ0v) is 11.8. The van der Waals surface area contributed by atoms with Gasteiger partial charge in [-0.1, -0.05) is 17.7 Å². The lowest BCUT2D eigenvalue weighted by Gasteiger charge is -2.09. The fraction of sp³-hybridized carbons (Fsp3) is 0.188. The molecule has 0 aliphatic rings. The summed E-state index contributed by atoms with van der Waals surface area (Å²) in [6, 6.07) is 8.15. The molecule has 0 radical (unpaired) electrons. The van der Waals surface area contributed by atoms with Crippen molar-refractivity contribution in [3.05, 3.63) is 69.0 Å². The Morgan fingerprint density at radius 2 is 1.74 bits per heavy atom. The number of benzene rings is 2. The minimum absolute atomic E-state index is 0.132. The monoisotopic (exact) mass is 276 g/mol. The summed E-state index contributed by atoms with van der Waals surface area (Å²) in [5.41, 5.74) is 2.84. The summed E-state index contributed by atoms with van der Waals surface area (Å²) in [6.07, 6.45) is 0. The summed E-state index contributed by atoms with van der Waals surface area (Å²) in [5.74, 6) is -0.787. The molecule has 19 heavy (non-hydrogen) atoms. The second-order valence-electron chi connectivity index (χ2n) is 4.73. The lowest BCUT2D eigenvalue weighted by atomic mass is 9.96. The third-order valence-electron chi connectivity index (χ3n) is 3.08. The lowest BCUT2D eigenvalue weighted by molar-refractivity contribution is 0.103. The number of hydrogen-bond donors (Lipinski definition) is 0. The maximum atomic E-state index is 14.0. The Kier molecular flexibility index (Phi) is 3.72. The molecule has 0 unspecified atom stereocenters. The van der Waals surface area contributed by atoms with Crippen molar-refractivity contribution in [2.75, 3.05) is 0 Å². The maximum absolute atomic E-state index is 14.0. The topological polar surface area (TPSA) is 17.1 Å². The van der Waals surface area contributed by atoms with E-state index in [9.17, 15) is 9.18 Å². The largest absolute Gasteiger partial charge is 0.288 e. The van der Waals surface area contributed by atoms with Crippen molar-refractivity contribution in [1.82, 2.24) is 0 Å². The van der Waals surface area contributed by atoms with E-state index in [1.54, 1.807) is 38.1 Å². The van der Waals surface area contributed by atoms with Crippen LogP contribution in [0, 0.1) is 26.6 Å². The van der Waals surface area contributed by atoms with Gasteiger partial charge in [-0.05, 0) is 61.7 Å². The van der Waals surface area contributed by atoms with Gasteiger partial charge in [0.1, 0.15) is 5.82 Å². The van der Waals surface area contributed by atoms with Gasteiger partial charge in [0.15, 0.2) is 5.78 Å². The highest BCUT2D eigenvalue weighted by Gasteiger charge is 2.17. The SMILES string of the molecule is Cc1cc(C)c(C(=O)c2ccc(Cl)c(C)c2)c(F)c1. The van der Waals surface area contributed by atoms with Gasteiger partial charge >= 0.3 is 0 Å². The average Bonchev–Trinajstić information content (AvgIpc) is 2.31. The minimum atomic E-state index is -0.477. The molecular weight excluding hydrogens is 263 g/mol. The molecule has 2 rings (SSSR count). The number of carbonyl (C=O) groups excluding carboxylic acids is 1. The van der Waals surface area contributed by atoms with Gasteiger partial charge < -0.3 is 0 Å². The van der Waals surface area contributed by atoms with Crippen LogP contribution in [0.5, 0.6) is 0 Å². The second-order valence-corrected chi connectivity index (χ2v) is 5.14. The van der Waals surface area contributed by atoms with Crippen molar-refractivity contribution < 1.29 is 9.18 Å². The second kappa shape index (κ2) is 5.14. The summed E-state index contributed by atoms with van der Waals surface area (Å²) in [5, 5.41) is 0.595. The summed E-state index contributed by atoms with van der Waals surface area (Å²) < 4.78 is 14.0. The van der Waals surface area contributed by atoms with Crippen molar-refractivity contribution in [1.29, 1.82) is 0 Å². The van der Waals surface area contributed by atoms with Gasteiger partial charge in [0.25, 0.3) is 0 Å². The molecular formula is C16H14ClFO. The highest BCUT2D eigenvalue weighted by molar-refractivity contribution is 6.31. The van der Waals surface area contributed by atoms with E-state index in [4.69, 9.17) is 11.6 Å². The molecule has 0 bridgehead atoms. The Balaban J connectivity index is 2.53. The molecule has 0 fully saturated rings. The van der Waals surface area contributed by atoms with Crippen molar-refractivity contribution in [3.8, 4) is 0 Å². The summed E-state index contributed by atoms with van der Waals surface area (Å²) >= 11 is 5.93. The van der Waals surface area contributed by atoms with Crippen molar-refractivity contribution >= 4 is 17.4 Å². The zero-order chi connectivity index (χ0) is 14.2. The van der Waals surface area contributed by atoms with E-state index in [1.807, 2.05) is 6.92 Å². The summed E-state index contributed by atoms with van der Waals surface area (Å²) in [4.78, 5) is 12.4. The van der Waals surface area contributed by atoms with Gasteiger partial charge in [0.2, 0.25) is 0 Å². The van der Waals surface area contributed by atoms with Gasteiger partial charge in [-0.2, -0.15) is 0 Å². The van der Waals surface area contributed by atoms with Gasteiger partial charge in [0.05, 0.1) is 5.56 Å². The Hall–Kier alpha value is -1.67. The lowest BCUT2D eigenvalue weighted by Crippen LogP contribution is -2.07. The molecule has 0 atom stereocenters. The summed E-state index contributed by atoms with van der Waals surface area (Å²) in [6.45, 7) is 5.36.